The second-order valence-electron chi connectivity index (χ2n) is 14.2. The van der Waals surface area contributed by atoms with Crippen LogP contribution in [-0.4, -0.2) is 26.0 Å². The van der Waals surface area contributed by atoms with Gasteiger partial charge >= 0.3 is 0 Å². The fourth-order valence-electron chi connectivity index (χ4n) is 7.47. The minimum absolute atomic E-state index is 0.199. The molecule has 0 aliphatic carbocycles. The Kier molecular flexibility index (Phi) is 17.0. The van der Waals surface area contributed by atoms with Crippen LogP contribution < -0.4 is 26.6 Å². The summed E-state index contributed by atoms with van der Waals surface area (Å²) >= 11 is 22.3. The molecule has 0 saturated heterocycles. The molecule has 0 radical (unpaired) electrons. The average Bonchev–Trinajstić information content (AvgIpc) is 3.36. The van der Waals surface area contributed by atoms with Crippen molar-refractivity contribution in [2.75, 3.05) is 19.8 Å². The second-order valence-corrected chi connectivity index (χ2v) is 17.7. The molecular formula is C46H23BCl4F16O2S. The van der Waals surface area contributed by atoms with Crippen molar-refractivity contribution in [3.63, 3.8) is 0 Å². The Labute approximate surface area is 408 Å². The first-order valence-corrected chi connectivity index (χ1v) is 22.2. The highest BCUT2D eigenvalue weighted by Crippen LogP contribution is 2.38. The van der Waals surface area contributed by atoms with E-state index in [0.717, 1.165) is 5.75 Å². The molecule has 0 amide bonds. The van der Waals surface area contributed by atoms with Crippen LogP contribution in [0, 0.1) is 93.1 Å². The first-order valence-electron chi connectivity index (χ1n) is 19.5. The van der Waals surface area contributed by atoms with Gasteiger partial charge in [0, 0.05) is 26.7 Å². The Balaban J connectivity index is 0.000000270. The second kappa shape index (κ2) is 22.0. The highest BCUT2D eigenvalue weighted by Gasteiger charge is 2.51. The normalized spacial score (nSPS) is 11.6. The number of halogens is 20. The molecule has 24 heteroatoms. The summed E-state index contributed by atoms with van der Waals surface area (Å²) in [5.41, 5.74) is -10.7. The van der Waals surface area contributed by atoms with Crippen molar-refractivity contribution in [3.05, 3.63) is 198 Å². The molecule has 7 aromatic rings. The third-order valence-electron chi connectivity index (χ3n) is 10.4. The number of ether oxygens (including phenoxy) is 2. The van der Waals surface area contributed by atoms with Crippen molar-refractivity contribution in [1.82, 2.24) is 0 Å². The van der Waals surface area contributed by atoms with E-state index in [-0.39, 0.29) is 10.9 Å². The standard InChI is InChI=1S/C24BCl4F16.C22H23O2S/c26-5-1(9(30)17(38)21(42)13(5)34)25(2-6(27)14(35)22(43)18(39)10(2)31,3-7(28)15(36)23(44)19(40)11(3)32)4-8(29)16(37)24(45)20(41)12(4)33;1-2-23-17-18-24-21-15-9-10-16-22(21)25(19-11-5-3-6-12-19)20-13-7-4-8-14-20/h;3-16H,2,17-18H2,1H3/q-1;+1. The van der Waals surface area contributed by atoms with Gasteiger partial charge in [-0.25, -0.2) is 70.2 Å². The summed E-state index contributed by atoms with van der Waals surface area (Å²) in [7, 11) is -0.199. The Hall–Kier alpha value is -5.25. The van der Waals surface area contributed by atoms with Crippen LogP contribution in [0.4, 0.5) is 70.2 Å². The van der Waals surface area contributed by atoms with E-state index in [9.17, 15) is 52.7 Å². The SMILES string of the molecule is CCOCCOc1ccccc1[S+](c1ccccc1)c1ccccc1.Fc1c(F)c(F)c([B-](c2c(F)c(F)c(F)c(F)c2Cl)(c2c(F)c(F)c(F)c(F)c2Cl)c2c(F)c(F)c(F)c(F)c2Cl)c(Cl)c1F. The number of hydrogen-bond donors (Lipinski definition) is 0. The largest absolute Gasteiger partial charge is 0.486 e. The maximum Gasteiger partial charge on any atom is 0.208 e. The maximum atomic E-state index is 15.8. The van der Waals surface area contributed by atoms with Crippen LogP contribution in [0.5, 0.6) is 5.75 Å². The molecular weight excluding hydrogens is 1070 g/mol. The number of para-hydroxylation sites is 1. The monoisotopic (exact) mass is 1090 g/mol. The van der Waals surface area contributed by atoms with Gasteiger partial charge in [-0.05, 0) is 43.3 Å². The molecule has 0 bridgehead atoms. The minimum atomic E-state index is -6.24. The number of benzene rings is 7. The zero-order valence-corrected chi connectivity index (χ0v) is 38.4. The van der Waals surface area contributed by atoms with E-state index in [2.05, 4.69) is 72.8 Å². The van der Waals surface area contributed by atoms with Gasteiger partial charge in [0.25, 0.3) is 0 Å². The topological polar surface area (TPSA) is 18.5 Å². The molecule has 0 saturated carbocycles. The maximum absolute atomic E-state index is 15.8. The van der Waals surface area contributed by atoms with E-state index in [1.54, 1.807) is 0 Å². The van der Waals surface area contributed by atoms with Gasteiger partial charge in [0.1, 0.15) is 46.9 Å². The lowest BCUT2D eigenvalue weighted by Gasteiger charge is -2.46. The molecule has 2 nitrogen and oxygen atoms in total. The lowest BCUT2D eigenvalue weighted by Crippen LogP contribution is -2.79. The molecule has 0 aliphatic rings. The van der Waals surface area contributed by atoms with Crippen molar-refractivity contribution in [2.45, 2.75) is 21.6 Å². The molecule has 0 heterocycles. The van der Waals surface area contributed by atoms with Crippen LogP contribution in [0.1, 0.15) is 6.92 Å². The van der Waals surface area contributed by atoms with Crippen LogP contribution in [0.25, 0.3) is 0 Å². The van der Waals surface area contributed by atoms with Crippen LogP contribution in [-0.2, 0) is 15.6 Å². The average molecular weight is 1100 g/mol. The van der Waals surface area contributed by atoms with Crippen molar-refractivity contribution < 1.29 is 79.7 Å². The highest BCUT2D eigenvalue weighted by atomic mass is 35.5. The molecule has 0 N–H and O–H groups in total. The van der Waals surface area contributed by atoms with Gasteiger partial charge in [0.2, 0.25) is 4.90 Å². The lowest BCUT2D eigenvalue weighted by molar-refractivity contribution is 0.109. The van der Waals surface area contributed by atoms with E-state index in [0.29, 0.717) is 19.8 Å². The lowest BCUT2D eigenvalue weighted by atomic mass is 9.12. The van der Waals surface area contributed by atoms with E-state index in [1.807, 2.05) is 19.1 Å². The fourth-order valence-corrected chi connectivity index (χ4v) is 11.0. The van der Waals surface area contributed by atoms with Gasteiger partial charge in [-0.2, -0.15) is 0 Å². The molecule has 0 spiro atoms. The van der Waals surface area contributed by atoms with Gasteiger partial charge in [0.05, 0.1) is 6.61 Å². The summed E-state index contributed by atoms with van der Waals surface area (Å²) < 4.78 is 250. The Bertz CT molecular complexity index is 2700. The predicted molar refractivity (Wildman–Crippen MR) is 233 cm³/mol. The summed E-state index contributed by atoms with van der Waals surface area (Å²) in [6, 6.07) is 29.6. The summed E-state index contributed by atoms with van der Waals surface area (Å²) in [5, 5.41) is -9.69. The summed E-state index contributed by atoms with van der Waals surface area (Å²) in [6.45, 7) is 3.88. The zero-order chi connectivity index (χ0) is 51.7. The third kappa shape index (κ3) is 9.38. The van der Waals surface area contributed by atoms with Gasteiger partial charge in [-0.1, -0.05) is 94.9 Å². The van der Waals surface area contributed by atoms with Crippen molar-refractivity contribution in [1.29, 1.82) is 0 Å². The van der Waals surface area contributed by atoms with E-state index >= 15 is 17.6 Å². The molecule has 0 aliphatic heterocycles. The summed E-state index contributed by atoms with van der Waals surface area (Å²) in [6.07, 6.45) is -6.24. The molecule has 0 atom stereocenters. The van der Waals surface area contributed by atoms with E-state index in [1.165, 1.54) is 14.7 Å². The highest BCUT2D eigenvalue weighted by molar-refractivity contribution is 7.97. The molecule has 368 valence electrons. The van der Waals surface area contributed by atoms with Gasteiger partial charge in [0.15, 0.2) is 85.3 Å². The Morgan fingerprint density at radius 3 is 0.971 bits per heavy atom. The predicted octanol–water partition coefficient (Wildman–Crippen LogP) is 13.1. The van der Waals surface area contributed by atoms with Crippen molar-refractivity contribution >= 4 is 85.3 Å². The van der Waals surface area contributed by atoms with Crippen molar-refractivity contribution in [2.24, 2.45) is 0 Å². The summed E-state index contributed by atoms with van der Waals surface area (Å²) in [5.74, 6) is -47.4. The van der Waals surface area contributed by atoms with Crippen LogP contribution in [0.2, 0.25) is 20.1 Å². The molecule has 0 fully saturated rings. The quantitative estimate of drug-likeness (QED) is 0.0303. The molecule has 70 heavy (non-hydrogen) atoms. The fraction of sp³-hybridized carbons (Fsp3) is 0.0870. The van der Waals surface area contributed by atoms with Crippen molar-refractivity contribution in [3.8, 4) is 5.75 Å². The van der Waals surface area contributed by atoms with Crippen LogP contribution in [0.15, 0.2) is 99.6 Å². The third-order valence-corrected chi connectivity index (χ3v) is 14.2. The number of hydrogen-bond acceptors (Lipinski definition) is 2. The summed E-state index contributed by atoms with van der Waals surface area (Å²) in [4.78, 5) is 3.78. The smallest absolute Gasteiger partial charge is 0.208 e. The van der Waals surface area contributed by atoms with Gasteiger partial charge in [-0.15, -0.1) is 21.9 Å². The minimum Gasteiger partial charge on any atom is -0.486 e. The van der Waals surface area contributed by atoms with E-state index < -0.39 is 141 Å². The Morgan fingerprint density at radius 1 is 0.371 bits per heavy atom. The molecule has 7 aromatic carbocycles. The molecule has 0 unspecified atom stereocenters. The van der Waals surface area contributed by atoms with E-state index in [4.69, 9.17) is 55.9 Å². The zero-order valence-electron chi connectivity index (χ0n) is 34.6. The first kappa shape index (κ1) is 54.1. The number of rotatable bonds is 12. The first-order chi connectivity index (χ1) is 33.1. The molecule has 7 rings (SSSR count). The molecule has 0 aromatic heterocycles. The van der Waals surface area contributed by atoms with Crippen LogP contribution >= 0.6 is 46.4 Å². The van der Waals surface area contributed by atoms with Crippen LogP contribution in [0.3, 0.4) is 0 Å². The Morgan fingerprint density at radius 2 is 0.657 bits per heavy atom. The van der Waals surface area contributed by atoms with Gasteiger partial charge in [-0.3, -0.25) is 0 Å². The van der Waals surface area contributed by atoms with Gasteiger partial charge < -0.3 is 9.47 Å².